The van der Waals surface area contributed by atoms with Crippen molar-refractivity contribution in [2.75, 3.05) is 0 Å². The second kappa shape index (κ2) is 5.83. The highest BCUT2D eigenvalue weighted by Crippen LogP contribution is 2.31. The van der Waals surface area contributed by atoms with E-state index in [1.54, 1.807) is 0 Å². The molecule has 2 aromatic rings. The van der Waals surface area contributed by atoms with Gasteiger partial charge in [-0.25, -0.2) is 4.39 Å². The van der Waals surface area contributed by atoms with Crippen LogP contribution in [0.25, 0.3) is 0 Å². The van der Waals surface area contributed by atoms with Gasteiger partial charge in [0.2, 0.25) is 0 Å². The number of hydrogen-bond acceptors (Lipinski definition) is 2. The van der Waals surface area contributed by atoms with E-state index in [-0.39, 0.29) is 11.5 Å². The maximum absolute atomic E-state index is 13.9. The summed E-state index contributed by atoms with van der Waals surface area (Å²) in [6, 6.07) is 9.00. The predicted octanol–water partition coefficient (Wildman–Crippen LogP) is 4.32. The maximum Gasteiger partial charge on any atom is 0.426 e. The summed E-state index contributed by atoms with van der Waals surface area (Å²) in [7, 11) is 0. The maximum atomic E-state index is 13.9. The molecule has 0 aromatic heterocycles. The van der Waals surface area contributed by atoms with E-state index in [2.05, 4.69) is 11.3 Å². The van der Waals surface area contributed by atoms with Gasteiger partial charge in [-0.1, -0.05) is 6.58 Å². The summed E-state index contributed by atoms with van der Waals surface area (Å²) in [6.45, 7) is 3.33. The van der Waals surface area contributed by atoms with Gasteiger partial charge in [0.15, 0.2) is 5.78 Å². The number of alkyl halides is 2. The number of hydrogen-bond donors (Lipinski definition) is 0. The molecule has 0 N–H and O–H groups in total. The van der Waals surface area contributed by atoms with E-state index in [1.807, 2.05) is 0 Å². The molecule has 0 radical (unpaired) electrons. The van der Waals surface area contributed by atoms with Gasteiger partial charge in [-0.15, -0.1) is 0 Å². The quantitative estimate of drug-likeness (QED) is 0.606. The smallest absolute Gasteiger partial charge is 0.426 e. The summed E-state index contributed by atoms with van der Waals surface area (Å²) in [5, 5.41) is 0. The molecule has 0 heterocycles. The predicted molar refractivity (Wildman–Crippen MR) is 71.9 cm³/mol. The topological polar surface area (TPSA) is 26.3 Å². The number of benzene rings is 2. The van der Waals surface area contributed by atoms with Gasteiger partial charge in [-0.05, 0) is 54.6 Å². The fraction of sp³-hybridized carbons (Fsp3) is 0.0625. The van der Waals surface area contributed by atoms with Crippen molar-refractivity contribution in [2.45, 2.75) is 6.11 Å². The Bertz CT molecular complexity index is 646. The first-order valence-corrected chi connectivity index (χ1v) is 6.02. The standard InChI is InChI=1S/C16H11F3O2/c1-2-15(20)11-3-9-14(10-4-11)21-16(18,19)12-5-7-13(17)8-6-12/h2-10H,1H2. The molecular formula is C16H11F3O2. The van der Waals surface area contributed by atoms with Crippen LogP contribution >= 0.6 is 0 Å². The molecule has 5 heteroatoms. The van der Waals surface area contributed by atoms with E-state index in [0.717, 1.165) is 30.3 Å². The van der Waals surface area contributed by atoms with Crippen LogP contribution in [0.2, 0.25) is 0 Å². The van der Waals surface area contributed by atoms with E-state index in [9.17, 15) is 18.0 Å². The van der Waals surface area contributed by atoms with Gasteiger partial charge in [0.05, 0.1) is 5.56 Å². The molecule has 0 fully saturated rings. The Morgan fingerprint density at radius 1 is 1.05 bits per heavy atom. The van der Waals surface area contributed by atoms with Crippen LogP contribution in [0.4, 0.5) is 13.2 Å². The minimum atomic E-state index is -3.60. The Morgan fingerprint density at radius 3 is 2.14 bits per heavy atom. The van der Waals surface area contributed by atoms with Crippen molar-refractivity contribution in [1.29, 1.82) is 0 Å². The molecule has 0 saturated carbocycles. The lowest BCUT2D eigenvalue weighted by molar-refractivity contribution is -0.185. The number of halogens is 3. The lowest BCUT2D eigenvalue weighted by Crippen LogP contribution is -2.21. The molecule has 2 aromatic carbocycles. The highest BCUT2D eigenvalue weighted by atomic mass is 19.3. The SMILES string of the molecule is C=CC(=O)c1ccc(OC(F)(F)c2ccc(F)cc2)cc1. The van der Waals surface area contributed by atoms with E-state index < -0.39 is 17.5 Å². The lowest BCUT2D eigenvalue weighted by Gasteiger charge is -2.18. The average Bonchev–Trinajstić information content (AvgIpc) is 2.47. The molecule has 21 heavy (non-hydrogen) atoms. The van der Waals surface area contributed by atoms with Crippen LogP contribution < -0.4 is 4.74 Å². The van der Waals surface area contributed by atoms with E-state index in [1.165, 1.54) is 24.3 Å². The van der Waals surface area contributed by atoms with E-state index in [0.29, 0.717) is 5.56 Å². The van der Waals surface area contributed by atoms with Crippen LogP contribution in [-0.4, -0.2) is 5.78 Å². The number of rotatable bonds is 5. The summed E-state index contributed by atoms with van der Waals surface area (Å²) < 4.78 is 45.1. The highest BCUT2D eigenvalue weighted by Gasteiger charge is 2.34. The first-order chi connectivity index (χ1) is 9.92. The number of allylic oxidation sites excluding steroid dienone is 1. The summed E-state index contributed by atoms with van der Waals surface area (Å²) in [5.74, 6) is -1.03. The molecule has 2 nitrogen and oxygen atoms in total. The molecule has 0 bridgehead atoms. The molecule has 0 spiro atoms. The van der Waals surface area contributed by atoms with Crippen molar-refractivity contribution >= 4 is 5.78 Å². The summed E-state index contributed by atoms with van der Waals surface area (Å²) in [6.07, 6.45) is -2.47. The number of ketones is 1. The first-order valence-electron chi connectivity index (χ1n) is 6.02. The lowest BCUT2D eigenvalue weighted by atomic mass is 10.1. The van der Waals surface area contributed by atoms with Crippen LogP contribution in [0.1, 0.15) is 15.9 Å². The Balaban J connectivity index is 2.18. The zero-order chi connectivity index (χ0) is 15.5. The average molecular weight is 292 g/mol. The molecule has 0 saturated heterocycles. The first kappa shape index (κ1) is 14.8. The Morgan fingerprint density at radius 2 is 1.62 bits per heavy atom. The van der Waals surface area contributed by atoms with E-state index in [4.69, 9.17) is 0 Å². The zero-order valence-electron chi connectivity index (χ0n) is 10.9. The fourth-order valence-electron chi connectivity index (χ4n) is 1.66. The van der Waals surface area contributed by atoms with Gasteiger partial charge in [0.25, 0.3) is 0 Å². The van der Waals surface area contributed by atoms with Gasteiger partial charge in [0.1, 0.15) is 11.6 Å². The molecule has 2 rings (SSSR count). The zero-order valence-corrected chi connectivity index (χ0v) is 10.9. The number of carbonyl (C=O) groups excluding carboxylic acids is 1. The van der Waals surface area contributed by atoms with Crippen molar-refractivity contribution in [3.8, 4) is 5.75 Å². The third-order valence-electron chi connectivity index (χ3n) is 2.75. The van der Waals surface area contributed by atoms with Gasteiger partial charge in [-0.2, -0.15) is 8.78 Å². The van der Waals surface area contributed by atoms with Crippen LogP contribution in [0.5, 0.6) is 5.75 Å². The van der Waals surface area contributed by atoms with Crippen molar-refractivity contribution in [1.82, 2.24) is 0 Å². The largest absolute Gasteiger partial charge is 0.429 e. The number of carbonyl (C=O) groups is 1. The normalized spacial score (nSPS) is 11.0. The Hall–Kier alpha value is -2.56. The fourth-order valence-corrected chi connectivity index (χ4v) is 1.66. The van der Waals surface area contributed by atoms with Crippen LogP contribution in [0, 0.1) is 5.82 Å². The molecular weight excluding hydrogens is 281 g/mol. The van der Waals surface area contributed by atoms with Crippen molar-refractivity contribution in [3.63, 3.8) is 0 Å². The molecule has 0 aliphatic carbocycles. The summed E-state index contributed by atoms with van der Waals surface area (Å²) >= 11 is 0. The van der Waals surface area contributed by atoms with Gasteiger partial charge in [0, 0.05) is 5.56 Å². The third kappa shape index (κ3) is 3.51. The monoisotopic (exact) mass is 292 g/mol. The highest BCUT2D eigenvalue weighted by molar-refractivity contribution is 6.04. The summed E-state index contributed by atoms with van der Waals surface area (Å²) in [4.78, 5) is 11.3. The van der Waals surface area contributed by atoms with Gasteiger partial charge in [-0.3, -0.25) is 4.79 Å². The summed E-state index contributed by atoms with van der Waals surface area (Å²) in [5.41, 5.74) is -0.141. The Labute approximate surface area is 119 Å². The van der Waals surface area contributed by atoms with Crippen molar-refractivity contribution in [2.24, 2.45) is 0 Å². The second-order valence-electron chi connectivity index (χ2n) is 4.22. The van der Waals surface area contributed by atoms with Crippen molar-refractivity contribution < 1.29 is 22.7 Å². The molecule has 0 atom stereocenters. The third-order valence-corrected chi connectivity index (χ3v) is 2.75. The minimum absolute atomic E-state index is 0.107. The second-order valence-corrected chi connectivity index (χ2v) is 4.22. The minimum Gasteiger partial charge on any atom is -0.429 e. The van der Waals surface area contributed by atoms with Gasteiger partial charge < -0.3 is 4.74 Å². The van der Waals surface area contributed by atoms with Crippen LogP contribution in [-0.2, 0) is 6.11 Å². The molecule has 0 amide bonds. The van der Waals surface area contributed by atoms with Crippen molar-refractivity contribution in [3.05, 3.63) is 78.1 Å². The molecule has 0 unspecified atom stereocenters. The van der Waals surface area contributed by atoms with E-state index >= 15 is 0 Å². The molecule has 0 aliphatic rings. The molecule has 108 valence electrons. The van der Waals surface area contributed by atoms with Crippen LogP contribution in [0.15, 0.2) is 61.2 Å². The van der Waals surface area contributed by atoms with Gasteiger partial charge >= 0.3 is 6.11 Å². The number of ether oxygens (including phenoxy) is 1. The Kier molecular flexibility index (Phi) is 4.12. The molecule has 0 aliphatic heterocycles. The van der Waals surface area contributed by atoms with Crippen LogP contribution in [0.3, 0.4) is 0 Å².